The van der Waals surface area contributed by atoms with Crippen molar-refractivity contribution in [2.24, 2.45) is 5.73 Å². The predicted molar refractivity (Wildman–Crippen MR) is 70.5 cm³/mol. The first-order valence-electron chi connectivity index (χ1n) is 6.09. The first kappa shape index (κ1) is 14.2. The summed E-state index contributed by atoms with van der Waals surface area (Å²) in [5.41, 5.74) is 7.13. The van der Waals surface area contributed by atoms with Gasteiger partial charge in [-0.15, -0.1) is 0 Å². The molecule has 1 atom stereocenters. The highest BCUT2D eigenvalue weighted by Gasteiger charge is 2.15. The van der Waals surface area contributed by atoms with E-state index >= 15 is 0 Å². The molecule has 0 aliphatic heterocycles. The van der Waals surface area contributed by atoms with Crippen LogP contribution in [-0.2, 0) is 11.3 Å². The van der Waals surface area contributed by atoms with Gasteiger partial charge in [0.15, 0.2) is 0 Å². The maximum Gasteiger partial charge on any atom is 0.224 e. The highest BCUT2D eigenvalue weighted by molar-refractivity contribution is 5.76. The number of benzene rings is 1. The molecule has 4 nitrogen and oxygen atoms in total. The van der Waals surface area contributed by atoms with Crippen molar-refractivity contribution in [1.82, 2.24) is 4.90 Å². The molecule has 96 valence electrons. The van der Waals surface area contributed by atoms with Gasteiger partial charge in [0.2, 0.25) is 5.91 Å². The van der Waals surface area contributed by atoms with E-state index in [-0.39, 0.29) is 11.9 Å². The van der Waals surface area contributed by atoms with Crippen LogP contribution >= 0.6 is 0 Å². The van der Waals surface area contributed by atoms with Crippen LogP contribution in [0.2, 0.25) is 0 Å². The monoisotopic (exact) mass is 245 g/mol. The SMILES string of the molecule is CCN(Cc1ccccc1C#N)C(=O)CC(C)N. The topological polar surface area (TPSA) is 70.1 Å². The first-order chi connectivity index (χ1) is 8.58. The van der Waals surface area contributed by atoms with Crippen molar-refractivity contribution in [3.63, 3.8) is 0 Å². The summed E-state index contributed by atoms with van der Waals surface area (Å²) in [4.78, 5) is 13.7. The van der Waals surface area contributed by atoms with Crippen molar-refractivity contribution in [3.05, 3.63) is 35.4 Å². The third-order valence-electron chi connectivity index (χ3n) is 2.73. The number of nitrogens with zero attached hydrogens (tertiary/aromatic N) is 2. The summed E-state index contributed by atoms with van der Waals surface area (Å²) in [7, 11) is 0. The van der Waals surface area contributed by atoms with Crippen LogP contribution in [0, 0.1) is 11.3 Å². The smallest absolute Gasteiger partial charge is 0.224 e. The number of hydrogen-bond donors (Lipinski definition) is 1. The summed E-state index contributed by atoms with van der Waals surface area (Å²) >= 11 is 0. The number of hydrogen-bond acceptors (Lipinski definition) is 3. The van der Waals surface area contributed by atoms with Crippen LogP contribution in [-0.4, -0.2) is 23.4 Å². The van der Waals surface area contributed by atoms with Gasteiger partial charge in [-0.25, -0.2) is 0 Å². The third kappa shape index (κ3) is 3.86. The summed E-state index contributed by atoms with van der Waals surface area (Å²) in [5.74, 6) is 0.0280. The van der Waals surface area contributed by atoms with Crippen LogP contribution in [0.5, 0.6) is 0 Å². The highest BCUT2D eigenvalue weighted by Crippen LogP contribution is 2.11. The van der Waals surface area contributed by atoms with Gasteiger partial charge in [0, 0.05) is 25.6 Å². The van der Waals surface area contributed by atoms with Gasteiger partial charge in [-0.3, -0.25) is 4.79 Å². The predicted octanol–water partition coefficient (Wildman–Crippen LogP) is 1.64. The average molecular weight is 245 g/mol. The highest BCUT2D eigenvalue weighted by atomic mass is 16.2. The van der Waals surface area contributed by atoms with E-state index in [0.29, 0.717) is 25.1 Å². The summed E-state index contributed by atoms with van der Waals surface area (Å²) in [6.07, 6.45) is 0.336. The molecule has 0 saturated heterocycles. The van der Waals surface area contributed by atoms with E-state index in [4.69, 9.17) is 11.0 Å². The van der Waals surface area contributed by atoms with Gasteiger partial charge in [-0.2, -0.15) is 5.26 Å². The van der Waals surface area contributed by atoms with E-state index in [1.807, 2.05) is 32.0 Å². The molecule has 0 fully saturated rings. The van der Waals surface area contributed by atoms with Gasteiger partial charge in [-0.05, 0) is 25.5 Å². The number of rotatable bonds is 5. The standard InChI is InChI=1S/C14H19N3O/c1-3-17(14(18)8-11(2)16)10-13-7-5-4-6-12(13)9-15/h4-7,11H,3,8,10,16H2,1-2H3. The maximum absolute atomic E-state index is 12.0. The summed E-state index contributed by atoms with van der Waals surface area (Å²) in [6.45, 7) is 4.82. The minimum atomic E-state index is -0.141. The van der Waals surface area contributed by atoms with Crippen molar-refractivity contribution in [2.45, 2.75) is 32.9 Å². The van der Waals surface area contributed by atoms with Crippen LogP contribution in [0.4, 0.5) is 0 Å². The van der Waals surface area contributed by atoms with E-state index in [1.165, 1.54) is 0 Å². The van der Waals surface area contributed by atoms with Crippen LogP contribution in [0.1, 0.15) is 31.4 Å². The Morgan fingerprint density at radius 3 is 2.72 bits per heavy atom. The Morgan fingerprint density at radius 2 is 2.17 bits per heavy atom. The molecule has 0 bridgehead atoms. The lowest BCUT2D eigenvalue weighted by molar-refractivity contribution is -0.131. The fourth-order valence-corrected chi connectivity index (χ4v) is 1.75. The molecule has 0 spiro atoms. The Labute approximate surface area is 108 Å². The number of nitrogens with two attached hydrogens (primary N) is 1. The number of nitriles is 1. The van der Waals surface area contributed by atoms with Gasteiger partial charge in [0.1, 0.15) is 0 Å². The molecule has 0 aliphatic rings. The fraction of sp³-hybridized carbons (Fsp3) is 0.429. The zero-order valence-electron chi connectivity index (χ0n) is 10.9. The summed E-state index contributed by atoms with van der Waals surface area (Å²) < 4.78 is 0. The number of amides is 1. The molecule has 0 heterocycles. The van der Waals surface area contributed by atoms with E-state index in [0.717, 1.165) is 5.56 Å². The number of carbonyl (C=O) groups is 1. The van der Waals surface area contributed by atoms with Gasteiger partial charge in [0.05, 0.1) is 11.6 Å². The quantitative estimate of drug-likeness (QED) is 0.857. The van der Waals surface area contributed by atoms with E-state index < -0.39 is 0 Å². The molecule has 1 rings (SSSR count). The Kier molecular flexibility index (Phi) is 5.34. The van der Waals surface area contributed by atoms with Gasteiger partial charge in [-0.1, -0.05) is 18.2 Å². The Hall–Kier alpha value is -1.86. The first-order valence-corrected chi connectivity index (χ1v) is 6.09. The molecule has 1 amide bonds. The molecule has 1 unspecified atom stereocenters. The second-order valence-corrected chi connectivity index (χ2v) is 4.36. The van der Waals surface area contributed by atoms with E-state index in [9.17, 15) is 4.79 Å². The van der Waals surface area contributed by atoms with Crippen molar-refractivity contribution in [1.29, 1.82) is 5.26 Å². The van der Waals surface area contributed by atoms with Crippen molar-refractivity contribution in [2.75, 3.05) is 6.54 Å². The second-order valence-electron chi connectivity index (χ2n) is 4.36. The minimum Gasteiger partial charge on any atom is -0.339 e. The maximum atomic E-state index is 12.0. The van der Waals surface area contributed by atoms with Crippen LogP contribution < -0.4 is 5.73 Å². The third-order valence-corrected chi connectivity index (χ3v) is 2.73. The van der Waals surface area contributed by atoms with Gasteiger partial charge < -0.3 is 10.6 Å². The Bertz CT molecular complexity index is 449. The van der Waals surface area contributed by atoms with Gasteiger partial charge in [0.25, 0.3) is 0 Å². The summed E-state index contributed by atoms with van der Waals surface area (Å²) in [6, 6.07) is 9.34. The lowest BCUT2D eigenvalue weighted by Gasteiger charge is -2.22. The molecule has 4 heteroatoms. The molecule has 0 radical (unpaired) electrons. The molecule has 0 aromatic heterocycles. The largest absolute Gasteiger partial charge is 0.339 e. The van der Waals surface area contributed by atoms with E-state index in [2.05, 4.69) is 6.07 Å². The fourth-order valence-electron chi connectivity index (χ4n) is 1.75. The lowest BCUT2D eigenvalue weighted by atomic mass is 10.1. The molecule has 1 aromatic carbocycles. The van der Waals surface area contributed by atoms with Crippen molar-refractivity contribution < 1.29 is 4.79 Å². The van der Waals surface area contributed by atoms with E-state index in [1.54, 1.807) is 11.0 Å². The van der Waals surface area contributed by atoms with Gasteiger partial charge >= 0.3 is 0 Å². The molecule has 0 saturated carbocycles. The van der Waals surface area contributed by atoms with Crippen LogP contribution in [0.3, 0.4) is 0 Å². The lowest BCUT2D eigenvalue weighted by Crippen LogP contribution is -2.34. The van der Waals surface area contributed by atoms with Crippen molar-refractivity contribution >= 4 is 5.91 Å². The molecule has 1 aromatic rings. The molecule has 18 heavy (non-hydrogen) atoms. The molecular formula is C14H19N3O. The normalized spacial score (nSPS) is 11.7. The molecule has 0 aliphatic carbocycles. The molecular weight excluding hydrogens is 226 g/mol. The molecule has 2 N–H and O–H groups in total. The van der Waals surface area contributed by atoms with Crippen LogP contribution in [0.25, 0.3) is 0 Å². The minimum absolute atomic E-state index is 0.0280. The zero-order valence-corrected chi connectivity index (χ0v) is 10.9. The Balaban J connectivity index is 2.80. The second kappa shape index (κ2) is 6.77. The number of carbonyl (C=O) groups excluding carboxylic acids is 1. The Morgan fingerprint density at radius 1 is 1.50 bits per heavy atom. The average Bonchev–Trinajstić information content (AvgIpc) is 2.35. The van der Waals surface area contributed by atoms with Crippen LogP contribution in [0.15, 0.2) is 24.3 Å². The summed E-state index contributed by atoms with van der Waals surface area (Å²) in [5, 5.41) is 9.01. The van der Waals surface area contributed by atoms with Crippen molar-refractivity contribution in [3.8, 4) is 6.07 Å². The zero-order chi connectivity index (χ0) is 13.5.